The minimum absolute atomic E-state index is 0.0366. The van der Waals surface area contributed by atoms with Gasteiger partial charge in [-0.05, 0) is 18.9 Å². The van der Waals surface area contributed by atoms with E-state index in [1.54, 1.807) is 0 Å². The maximum absolute atomic E-state index is 13.0. The highest BCUT2D eigenvalue weighted by molar-refractivity contribution is 5.46. The Balaban J connectivity index is 2.17. The SMILES string of the molecule is O=[N+]([O-])c1ccc(F)cc1O[C@H]1CCCOC1. The van der Waals surface area contributed by atoms with Gasteiger partial charge in [0, 0.05) is 18.7 Å². The highest BCUT2D eigenvalue weighted by Gasteiger charge is 2.21. The van der Waals surface area contributed by atoms with Crippen LogP contribution >= 0.6 is 0 Å². The van der Waals surface area contributed by atoms with Crippen LogP contribution < -0.4 is 4.74 Å². The van der Waals surface area contributed by atoms with Crippen LogP contribution in [0, 0.1) is 15.9 Å². The van der Waals surface area contributed by atoms with E-state index in [0.29, 0.717) is 13.2 Å². The standard InChI is InChI=1S/C11H12FNO4/c12-8-3-4-10(13(14)15)11(6-8)17-9-2-1-5-16-7-9/h3-4,6,9H,1-2,5,7H2/t9-/m0/s1. The van der Waals surface area contributed by atoms with Gasteiger partial charge >= 0.3 is 5.69 Å². The molecule has 1 aliphatic heterocycles. The minimum Gasteiger partial charge on any atom is -0.481 e. The summed E-state index contributed by atoms with van der Waals surface area (Å²) in [6, 6.07) is 3.18. The molecule has 0 spiro atoms. The van der Waals surface area contributed by atoms with Crippen LogP contribution in [-0.2, 0) is 4.74 Å². The molecule has 1 aromatic carbocycles. The number of benzene rings is 1. The van der Waals surface area contributed by atoms with Crippen LogP contribution in [0.2, 0.25) is 0 Å². The first-order valence-corrected chi connectivity index (χ1v) is 5.35. The summed E-state index contributed by atoms with van der Waals surface area (Å²) >= 11 is 0. The minimum atomic E-state index is -0.585. The van der Waals surface area contributed by atoms with Gasteiger partial charge in [-0.1, -0.05) is 0 Å². The molecule has 17 heavy (non-hydrogen) atoms. The molecule has 1 fully saturated rings. The van der Waals surface area contributed by atoms with E-state index >= 15 is 0 Å². The van der Waals surface area contributed by atoms with Gasteiger partial charge < -0.3 is 9.47 Å². The Morgan fingerprint density at radius 2 is 2.35 bits per heavy atom. The predicted molar refractivity (Wildman–Crippen MR) is 57.5 cm³/mol. The molecular formula is C11H12FNO4. The summed E-state index contributed by atoms with van der Waals surface area (Å²) in [6.45, 7) is 1.05. The van der Waals surface area contributed by atoms with Crippen LogP contribution in [0.15, 0.2) is 18.2 Å². The average molecular weight is 241 g/mol. The summed E-state index contributed by atoms with van der Waals surface area (Å²) in [6.07, 6.45) is 1.35. The zero-order chi connectivity index (χ0) is 12.3. The summed E-state index contributed by atoms with van der Waals surface area (Å²) in [5.41, 5.74) is -0.225. The van der Waals surface area contributed by atoms with Crippen LogP contribution in [0.4, 0.5) is 10.1 Å². The van der Waals surface area contributed by atoms with Crippen molar-refractivity contribution >= 4 is 5.69 Å². The summed E-state index contributed by atoms with van der Waals surface area (Å²) < 4.78 is 23.6. The molecule has 0 N–H and O–H groups in total. The third kappa shape index (κ3) is 2.91. The third-order valence-corrected chi connectivity index (χ3v) is 2.53. The van der Waals surface area contributed by atoms with Gasteiger partial charge in [-0.25, -0.2) is 4.39 Å². The molecule has 1 heterocycles. The number of halogens is 1. The Hall–Kier alpha value is -1.69. The molecule has 6 heteroatoms. The predicted octanol–water partition coefficient (Wildman–Crippen LogP) is 2.29. The number of nitro groups is 1. The van der Waals surface area contributed by atoms with E-state index in [-0.39, 0.29) is 17.5 Å². The van der Waals surface area contributed by atoms with Crippen molar-refractivity contribution < 1.29 is 18.8 Å². The van der Waals surface area contributed by atoms with Crippen molar-refractivity contribution in [2.24, 2.45) is 0 Å². The second-order valence-corrected chi connectivity index (χ2v) is 3.83. The lowest BCUT2D eigenvalue weighted by atomic mass is 10.2. The van der Waals surface area contributed by atoms with Crippen molar-refractivity contribution in [3.63, 3.8) is 0 Å². The fourth-order valence-corrected chi connectivity index (χ4v) is 1.72. The molecule has 0 aliphatic carbocycles. The largest absolute Gasteiger partial charge is 0.481 e. The van der Waals surface area contributed by atoms with E-state index in [9.17, 15) is 14.5 Å². The zero-order valence-corrected chi connectivity index (χ0v) is 9.10. The zero-order valence-electron chi connectivity index (χ0n) is 9.10. The molecule has 0 radical (unpaired) electrons. The first-order valence-electron chi connectivity index (χ1n) is 5.35. The Bertz CT molecular complexity index is 418. The molecule has 5 nitrogen and oxygen atoms in total. The first-order chi connectivity index (χ1) is 8.16. The van der Waals surface area contributed by atoms with Gasteiger partial charge in [-0.15, -0.1) is 0 Å². The number of nitro benzene ring substituents is 1. The van der Waals surface area contributed by atoms with Crippen LogP contribution in [0.25, 0.3) is 0 Å². The summed E-state index contributed by atoms with van der Waals surface area (Å²) in [4.78, 5) is 10.2. The van der Waals surface area contributed by atoms with E-state index < -0.39 is 10.7 Å². The summed E-state index contributed by atoms with van der Waals surface area (Å²) in [5.74, 6) is -0.590. The van der Waals surface area contributed by atoms with Crippen LogP contribution in [0.1, 0.15) is 12.8 Å². The molecule has 0 aromatic heterocycles. The second-order valence-electron chi connectivity index (χ2n) is 3.83. The summed E-state index contributed by atoms with van der Waals surface area (Å²) in [7, 11) is 0. The van der Waals surface area contributed by atoms with Crippen LogP contribution in [0.3, 0.4) is 0 Å². The highest BCUT2D eigenvalue weighted by Crippen LogP contribution is 2.29. The van der Waals surface area contributed by atoms with Crippen molar-refractivity contribution in [2.75, 3.05) is 13.2 Å². The Morgan fingerprint density at radius 3 is 3.00 bits per heavy atom. The molecule has 0 unspecified atom stereocenters. The van der Waals surface area contributed by atoms with Gasteiger partial charge in [0.15, 0.2) is 5.75 Å². The molecule has 2 rings (SSSR count). The van der Waals surface area contributed by atoms with Gasteiger partial charge in [-0.3, -0.25) is 10.1 Å². The molecule has 92 valence electrons. The summed E-state index contributed by atoms with van der Waals surface area (Å²) in [5, 5.41) is 10.7. The van der Waals surface area contributed by atoms with E-state index in [4.69, 9.17) is 9.47 Å². The van der Waals surface area contributed by atoms with Gasteiger partial charge in [0.2, 0.25) is 0 Å². The third-order valence-electron chi connectivity index (χ3n) is 2.53. The quantitative estimate of drug-likeness (QED) is 0.601. The topological polar surface area (TPSA) is 61.6 Å². The lowest BCUT2D eigenvalue weighted by Crippen LogP contribution is -2.28. The van der Waals surface area contributed by atoms with Crippen molar-refractivity contribution in [3.05, 3.63) is 34.1 Å². The monoisotopic (exact) mass is 241 g/mol. The van der Waals surface area contributed by atoms with Gasteiger partial charge in [0.05, 0.1) is 11.5 Å². The molecule has 1 saturated heterocycles. The molecule has 1 aliphatic rings. The van der Waals surface area contributed by atoms with Crippen molar-refractivity contribution in [2.45, 2.75) is 18.9 Å². The molecule has 1 atom stereocenters. The maximum Gasteiger partial charge on any atom is 0.311 e. The number of rotatable bonds is 3. The first kappa shape index (κ1) is 11.8. The Labute approximate surface area is 97.3 Å². The van der Waals surface area contributed by atoms with Crippen molar-refractivity contribution in [3.8, 4) is 5.75 Å². The highest BCUT2D eigenvalue weighted by atomic mass is 19.1. The van der Waals surface area contributed by atoms with Gasteiger partial charge in [0.25, 0.3) is 0 Å². The number of hydrogen-bond acceptors (Lipinski definition) is 4. The van der Waals surface area contributed by atoms with Crippen molar-refractivity contribution in [1.82, 2.24) is 0 Å². The van der Waals surface area contributed by atoms with Gasteiger partial charge in [-0.2, -0.15) is 0 Å². The average Bonchev–Trinajstić information content (AvgIpc) is 2.30. The number of hydrogen-bond donors (Lipinski definition) is 0. The Kier molecular flexibility index (Phi) is 3.53. The van der Waals surface area contributed by atoms with E-state index in [2.05, 4.69) is 0 Å². The molecule has 0 amide bonds. The van der Waals surface area contributed by atoms with Crippen LogP contribution in [-0.4, -0.2) is 24.2 Å². The normalized spacial score (nSPS) is 19.9. The fourth-order valence-electron chi connectivity index (χ4n) is 1.72. The van der Waals surface area contributed by atoms with E-state index in [1.807, 2.05) is 0 Å². The molecule has 0 bridgehead atoms. The maximum atomic E-state index is 13.0. The number of ether oxygens (including phenoxy) is 2. The van der Waals surface area contributed by atoms with Crippen LogP contribution in [0.5, 0.6) is 5.75 Å². The lowest BCUT2D eigenvalue weighted by Gasteiger charge is -2.23. The smallest absolute Gasteiger partial charge is 0.311 e. The second kappa shape index (κ2) is 5.09. The molecule has 0 saturated carbocycles. The van der Waals surface area contributed by atoms with Gasteiger partial charge in [0.1, 0.15) is 11.9 Å². The molecule has 1 aromatic rings. The lowest BCUT2D eigenvalue weighted by molar-refractivity contribution is -0.386. The fraction of sp³-hybridized carbons (Fsp3) is 0.455. The Morgan fingerprint density at radius 1 is 1.53 bits per heavy atom. The van der Waals surface area contributed by atoms with E-state index in [1.165, 1.54) is 0 Å². The van der Waals surface area contributed by atoms with Crippen molar-refractivity contribution in [1.29, 1.82) is 0 Å². The van der Waals surface area contributed by atoms with E-state index in [0.717, 1.165) is 31.0 Å². The molecular weight excluding hydrogens is 229 g/mol. The number of nitrogens with zero attached hydrogens (tertiary/aromatic N) is 1.